The molecule has 6 heteroatoms. The highest BCUT2D eigenvalue weighted by Gasteiger charge is 2.22. The van der Waals surface area contributed by atoms with Gasteiger partial charge in [-0.15, -0.1) is 10.2 Å². The summed E-state index contributed by atoms with van der Waals surface area (Å²) < 4.78 is 29.7. The van der Waals surface area contributed by atoms with Crippen LogP contribution in [-0.2, 0) is 6.54 Å². The second-order valence-electron chi connectivity index (χ2n) is 4.66. The number of rotatable bonds is 3. The van der Waals surface area contributed by atoms with Gasteiger partial charge in [0.2, 0.25) is 0 Å². The number of nitrogens with zero attached hydrogens (tertiary/aromatic N) is 3. The molecule has 0 saturated carbocycles. The largest absolute Gasteiger partial charge is 0.324 e. The van der Waals surface area contributed by atoms with E-state index in [2.05, 4.69) is 10.2 Å². The van der Waals surface area contributed by atoms with Crippen LogP contribution in [0.2, 0.25) is 0 Å². The van der Waals surface area contributed by atoms with Crippen molar-refractivity contribution in [1.29, 1.82) is 0 Å². The molecule has 0 amide bonds. The second-order valence-corrected chi connectivity index (χ2v) is 4.66. The molecule has 2 aromatic rings. The van der Waals surface area contributed by atoms with Crippen molar-refractivity contribution in [3.05, 3.63) is 35.2 Å². The number of benzene rings is 1. The standard InChI is InChI=1S/C13H16F2N4/c1-7(2)19-10(6-16)17-18-13(19)11-9(14)5-4-8(3)12(11)15/h4-5,7H,6,16H2,1-3H3. The molecule has 0 aliphatic heterocycles. The first-order valence-corrected chi connectivity index (χ1v) is 6.06. The fourth-order valence-corrected chi connectivity index (χ4v) is 2.04. The van der Waals surface area contributed by atoms with Gasteiger partial charge in [-0.05, 0) is 32.4 Å². The van der Waals surface area contributed by atoms with Gasteiger partial charge in [-0.25, -0.2) is 8.78 Å². The number of halogens is 2. The molecule has 1 aromatic heterocycles. The maximum absolute atomic E-state index is 14.2. The SMILES string of the molecule is Cc1ccc(F)c(-c2nnc(CN)n2C(C)C)c1F. The molecule has 0 atom stereocenters. The zero-order valence-electron chi connectivity index (χ0n) is 11.1. The number of aryl methyl sites for hydroxylation is 1. The van der Waals surface area contributed by atoms with Gasteiger partial charge in [0.25, 0.3) is 0 Å². The minimum Gasteiger partial charge on any atom is -0.324 e. The van der Waals surface area contributed by atoms with Crippen molar-refractivity contribution in [3.63, 3.8) is 0 Å². The molecule has 1 aromatic carbocycles. The molecule has 102 valence electrons. The summed E-state index contributed by atoms with van der Waals surface area (Å²) in [7, 11) is 0. The Bertz CT molecular complexity index is 605. The lowest BCUT2D eigenvalue weighted by Crippen LogP contribution is -2.12. The lowest BCUT2D eigenvalue weighted by Gasteiger charge is -2.14. The molecule has 2 rings (SSSR count). The van der Waals surface area contributed by atoms with Crippen LogP contribution in [0.5, 0.6) is 0 Å². The Hall–Kier alpha value is -1.82. The van der Waals surface area contributed by atoms with Crippen LogP contribution in [0.15, 0.2) is 12.1 Å². The average Bonchev–Trinajstić information content (AvgIpc) is 2.78. The highest BCUT2D eigenvalue weighted by molar-refractivity contribution is 5.59. The molecule has 0 spiro atoms. The van der Waals surface area contributed by atoms with Crippen molar-refractivity contribution in [2.45, 2.75) is 33.4 Å². The zero-order valence-corrected chi connectivity index (χ0v) is 11.1. The first kappa shape index (κ1) is 13.6. The van der Waals surface area contributed by atoms with E-state index in [4.69, 9.17) is 5.73 Å². The summed E-state index contributed by atoms with van der Waals surface area (Å²) in [5, 5.41) is 7.79. The normalized spacial score (nSPS) is 11.3. The Morgan fingerprint density at radius 1 is 1.26 bits per heavy atom. The molecule has 0 fully saturated rings. The molecule has 0 radical (unpaired) electrons. The zero-order chi connectivity index (χ0) is 14.2. The van der Waals surface area contributed by atoms with Crippen molar-refractivity contribution < 1.29 is 8.78 Å². The molecule has 0 aliphatic rings. The molecule has 19 heavy (non-hydrogen) atoms. The minimum atomic E-state index is -0.652. The summed E-state index contributed by atoms with van der Waals surface area (Å²) in [6, 6.07) is 2.59. The molecule has 4 nitrogen and oxygen atoms in total. The third kappa shape index (κ3) is 2.23. The van der Waals surface area contributed by atoms with Gasteiger partial charge in [-0.1, -0.05) is 6.07 Å². The molecule has 2 N–H and O–H groups in total. The summed E-state index contributed by atoms with van der Waals surface area (Å²) in [4.78, 5) is 0. The summed E-state index contributed by atoms with van der Waals surface area (Å²) in [5.74, 6) is -0.585. The first-order chi connectivity index (χ1) is 8.97. The van der Waals surface area contributed by atoms with E-state index in [9.17, 15) is 8.78 Å². The summed E-state index contributed by atoms with van der Waals surface area (Å²) >= 11 is 0. The monoisotopic (exact) mass is 266 g/mol. The lowest BCUT2D eigenvalue weighted by atomic mass is 10.1. The topological polar surface area (TPSA) is 56.7 Å². The van der Waals surface area contributed by atoms with Gasteiger partial charge in [-0.2, -0.15) is 0 Å². The fraction of sp³-hybridized carbons (Fsp3) is 0.385. The van der Waals surface area contributed by atoms with Gasteiger partial charge in [0.1, 0.15) is 17.5 Å². The Morgan fingerprint density at radius 2 is 1.95 bits per heavy atom. The highest BCUT2D eigenvalue weighted by atomic mass is 19.1. The summed E-state index contributed by atoms with van der Waals surface area (Å²) in [6.07, 6.45) is 0. The van der Waals surface area contributed by atoms with Crippen molar-refractivity contribution in [1.82, 2.24) is 14.8 Å². The van der Waals surface area contributed by atoms with Crippen LogP contribution >= 0.6 is 0 Å². The Morgan fingerprint density at radius 3 is 2.53 bits per heavy atom. The number of aromatic nitrogens is 3. The number of nitrogens with two attached hydrogens (primary N) is 1. The van der Waals surface area contributed by atoms with Crippen LogP contribution < -0.4 is 5.73 Å². The predicted molar refractivity (Wildman–Crippen MR) is 68.4 cm³/mol. The van der Waals surface area contributed by atoms with Gasteiger partial charge in [-0.3, -0.25) is 0 Å². The van der Waals surface area contributed by atoms with Gasteiger partial charge >= 0.3 is 0 Å². The number of hydrogen-bond donors (Lipinski definition) is 1. The maximum Gasteiger partial charge on any atom is 0.170 e. The Labute approximate surface area is 110 Å². The van der Waals surface area contributed by atoms with Crippen molar-refractivity contribution >= 4 is 0 Å². The number of hydrogen-bond acceptors (Lipinski definition) is 3. The van der Waals surface area contributed by atoms with Gasteiger partial charge in [0, 0.05) is 6.04 Å². The smallest absolute Gasteiger partial charge is 0.170 e. The molecule has 1 heterocycles. The third-order valence-electron chi connectivity index (χ3n) is 2.97. The second kappa shape index (κ2) is 5.05. The van der Waals surface area contributed by atoms with Crippen molar-refractivity contribution in [2.24, 2.45) is 5.73 Å². The van der Waals surface area contributed by atoms with E-state index in [1.165, 1.54) is 12.1 Å². The lowest BCUT2D eigenvalue weighted by molar-refractivity contribution is 0.554. The van der Waals surface area contributed by atoms with Crippen LogP contribution in [0, 0.1) is 18.6 Å². The quantitative estimate of drug-likeness (QED) is 0.929. The molecule has 0 unspecified atom stereocenters. The van der Waals surface area contributed by atoms with Crippen LogP contribution in [0.3, 0.4) is 0 Å². The van der Waals surface area contributed by atoms with Crippen LogP contribution in [0.25, 0.3) is 11.4 Å². The molecular formula is C13H16F2N4. The van der Waals surface area contributed by atoms with Gasteiger partial charge in [0.05, 0.1) is 12.1 Å². The van der Waals surface area contributed by atoms with Crippen molar-refractivity contribution in [2.75, 3.05) is 0 Å². The van der Waals surface area contributed by atoms with E-state index in [1.807, 2.05) is 13.8 Å². The van der Waals surface area contributed by atoms with E-state index in [-0.39, 0.29) is 24.0 Å². The molecule has 0 aliphatic carbocycles. The Balaban J connectivity index is 2.73. The van der Waals surface area contributed by atoms with Crippen LogP contribution in [0.4, 0.5) is 8.78 Å². The van der Waals surface area contributed by atoms with E-state index in [1.54, 1.807) is 11.5 Å². The van der Waals surface area contributed by atoms with E-state index in [0.29, 0.717) is 11.4 Å². The average molecular weight is 266 g/mol. The van der Waals surface area contributed by atoms with E-state index in [0.717, 1.165) is 0 Å². The van der Waals surface area contributed by atoms with E-state index < -0.39 is 11.6 Å². The molecular weight excluding hydrogens is 250 g/mol. The molecule has 0 bridgehead atoms. The first-order valence-electron chi connectivity index (χ1n) is 6.06. The van der Waals surface area contributed by atoms with Gasteiger partial charge < -0.3 is 10.3 Å². The highest BCUT2D eigenvalue weighted by Crippen LogP contribution is 2.29. The molecule has 0 saturated heterocycles. The predicted octanol–water partition coefficient (Wildman–Crippen LogP) is 2.57. The third-order valence-corrected chi connectivity index (χ3v) is 2.97. The van der Waals surface area contributed by atoms with Crippen LogP contribution in [0.1, 0.15) is 31.3 Å². The summed E-state index contributed by atoms with van der Waals surface area (Å²) in [5.41, 5.74) is 5.79. The van der Waals surface area contributed by atoms with Crippen molar-refractivity contribution in [3.8, 4) is 11.4 Å². The van der Waals surface area contributed by atoms with Crippen LogP contribution in [-0.4, -0.2) is 14.8 Å². The van der Waals surface area contributed by atoms with Gasteiger partial charge in [0.15, 0.2) is 5.82 Å². The Kier molecular flexibility index (Phi) is 3.61. The maximum atomic E-state index is 14.2. The van der Waals surface area contributed by atoms with E-state index >= 15 is 0 Å². The fourth-order valence-electron chi connectivity index (χ4n) is 2.04. The minimum absolute atomic E-state index is 0.0390. The summed E-state index contributed by atoms with van der Waals surface area (Å²) in [6.45, 7) is 5.52.